The van der Waals surface area contributed by atoms with E-state index in [9.17, 15) is 4.79 Å². The highest BCUT2D eigenvalue weighted by atomic mass is 16.5. The Bertz CT molecular complexity index is 183. The summed E-state index contributed by atoms with van der Waals surface area (Å²) in [7, 11) is 0. The molecule has 0 saturated carbocycles. The van der Waals surface area contributed by atoms with Crippen LogP contribution in [0.3, 0.4) is 0 Å². The number of hydrogen-bond donors (Lipinski definition) is 1. The van der Waals surface area contributed by atoms with Crippen LogP contribution in [-0.2, 0) is 9.53 Å². The van der Waals surface area contributed by atoms with E-state index in [1.165, 1.54) is 13.8 Å². The Morgan fingerprint density at radius 3 is 2.40 bits per heavy atom. The van der Waals surface area contributed by atoms with Gasteiger partial charge in [0.2, 0.25) is 5.60 Å². The highest BCUT2D eigenvalue weighted by molar-refractivity contribution is 5.76. The summed E-state index contributed by atoms with van der Waals surface area (Å²) < 4.78 is 4.68. The van der Waals surface area contributed by atoms with Crippen LogP contribution in [0.15, 0.2) is 0 Å². The minimum atomic E-state index is -1.21. The van der Waals surface area contributed by atoms with Gasteiger partial charge >= 0.3 is 5.97 Å². The van der Waals surface area contributed by atoms with Crippen molar-refractivity contribution >= 4 is 5.97 Å². The van der Waals surface area contributed by atoms with Gasteiger partial charge in [0, 0.05) is 6.92 Å². The van der Waals surface area contributed by atoms with Crippen LogP contribution < -0.4 is 0 Å². The number of carboxylic acid groups (broad SMARTS) is 1. The van der Waals surface area contributed by atoms with Gasteiger partial charge in [-0.3, -0.25) is 0 Å². The van der Waals surface area contributed by atoms with Gasteiger partial charge in [-0.2, -0.15) is 0 Å². The van der Waals surface area contributed by atoms with Crippen molar-refractivity contribution in [2.75, 3.05) is 0 Å². The zero-order chi connectivity index (χ0) is 8.20. The first-order valence-corrected chi connectivity index (χ1v) is 2.84. The maximum atomic E-state index is 10.3. The second-order valence-corrected chi connectivity index (χ2v) is 2.27. The van der Waals surface area contributed by atoms with Crippen LogP contribution in [0.25, 0.3) is 0 Å². The summed E-state index contributed by atoms with van der Waals surface area (Å²) >= 11 is 0. The molecule has 0 heterocycles. The fourth-order valence-electron chi connectivity index (χ4n) is 0.222. The smallest absolute Gasteiger partial charge is 0.348 e. The second kappa shape index (κ2) is 3.11. The van der Waals surface area contributed by atoms with Crippen LogP contribution in [-0.4, -0.2) is 16.7 Å². The molecule has 0 spiro atoms. The summed E-state index contributed by atoms with van der Waals surface area (Å²) in [4.78, 5) is 10.3. The average Bonchev–Trinajstić information content (AvgIpc) is 1.84. The molecule has 0 saturated heterocycles. The number of hydrogen-bond acceptors (Lipinski definition) is 2. The number of carboxylic acids is 1. The summed E-state index contributed by atoms with van der Waals surface area (Å²) in [6, 6.07) is 0. The Hall–Kier alpha value is -1.17. The molecule has 0 unspecified atom stereocenters. The Balaban J connectivity index is 4.08. The quantitative estimate of drug-likeness (QED) is 0.581. The first kappa shape index (κ1) is 8.83. The standard InChI is InChI=1S/C7H10O3/c1-4-5-10-7(2,3)6(8)9/h1-3H3,(H,8,9). The van der Waals surface area contributed by atoms with Crippen LogP contribution in [0, 0.1) is 12.0 Å². The maximum absolute atomic E-state index is 10.3. The van der Waals surface area contributed by atoms with E-state index in [-0.39, 0.29) is 0 Å². The third kappa shape index (κ3) is 2.40. The van der Waals surface area contributed by atoms with E-state index >= 15 is 0 Å². The lowest BCUT2D eigenvalue weighted by molar-refractivity contribution is -0.154. The predicted molar refractivity (Wildman–Crippen MR) is 36.2 cm³/mol. The molecule has 0 aromatic rings. The zero-order valence-corrected chi connectivity index (χ0v) is 6.26. The van der Waals surface area contributed by atoms with Gasteiger partial charge in [-0.15, -0.1) is 0 Å². The molecule has 10 heavy (non-hydrogen) atoms. The van der Waals surface area contributed by atoms with Gasteiger partial charge in [0.15, 0.2) is 0 Å². The molecule has 0 bridgehead atoms. The number of aliphatic carboxylic acids is 1. The number of rotatable bonds is 2. The third-order valence-corrected chi connectivity index (χ3v) is 0.923. The average molecular weight is 142 g/mol. The van der Waals surface area contributed by atoms with E-state index in [4.69, 9.17) is 5.11 Å². The van der Waals surface area contributed by atoms with E-state index in [1.807, 2.05) is 0 Å². The van der Waals surface area contributed by atoms with Gasteiger partial charge in [0.25, 0.3) is 0 Å². The molecule has 0 aliphatic rings. The Morgan fingerprint density at radius 1 is 1.60 bits per heavy atom. The van der Waals surface area contributed by atoms with Crippen molar-refractivity contribution in [2.24, 2.45) is 0 Å². The molecule has 0 aromatic heterocycles. The van der Waals surface area contributed by atoms with Crippen molar-refractivity contribution in [3.05, 3.63) is 0 Å². The zero-order valence-electron chi connectivity index (χ0n) is 6.26. The van der Waals surface area contributed by atoms with Crippen molar-refractivity contribution in [3.8, 4) is 12.0 Å². The van der Waals surface area contributed by atoms with Crippen LogP contribution in [0.5, 0.6) is 0 Å². The van der Waals surface area contributed by atoms with Gasteiger partial charge in [0.05, 0.1) is 0 Å². The molecule has 0 rings (SSSR count). The minimum Gasteiger partial charge on any atom is -0.478 e. The molecule has 3 heteroatoms. The van der Waals surface area contributed by atoms with E-state index in [2.05, 4.69) is 16.8 Å². The third-order valence-electron chi connectivity index (χ3n) is 0.923. The molecule has 0 aliphatic heterocycles. The van der Waals surface area contributed by atoms with E-state index < -0.39 is 11.6 Å². The Labute approximate surface area is 60.0 Å². The first-order chi connectivity index (χ1) is 4.50. The Kier molecular flexibility index (Phi) is 2.75. The highest BCUT2D eigenvalue weighted by Crippen LogP contribution is 2.06. The fraction of sp³-hybridized carbons (Fsp3) is 0.571. The van der Waals surface area contributed by atoms with E-state index in [0.29, 0.717) is 0 Å². The topological polar surface area (TPSA) is 46.5 Å². The summed E-state index contributed by atoms with van der Waals surface area (Å²) in [6.45, 7) is 4.47. The predicted octanol–water partition coefficient (Wildman–Crippen LogP) is 0.847. The lowest BCUT2D eigenvalue weighted by Crippen LogP contribution is -2.32. The van der Waals surface area contributed by atoms with Crippen LogP contribution in [0.2, 0.25) is 0 Å². The lowest BCUT2D eigenvalue weighted by Gasteiger charge is -2.15. The summed E-state index contributed by atoms with van der Waals surface area (Å²) in [6.07, 6.45) is 2.24. The molecule has 3 nitrogen and oxygen atoms in total. The molecule has 0 aromatic carbocycles. The monoisotopic (exact) mass is 142 g/mol. The van der Waals surface area contributed by atoms with Crippen molar-refractivity contribution in [1.82, 2.24) is 0 Å². The van der Waals surface area contributed by atoms with Crippen LogP contribution >= 0.6 is 0 Å². The Morgan fingerprint density at radius 2 is 2.10 bits per heavy atom. The van der Waals surface area contributed by atoms with Crippen molar-refractivity contribution in [1.29, 1.82) is 0 Å². The molecule has 0 aliphatic carbocycles. The molecular weight excluding hydrogens is 132 g/mol. The first-order valence-electron chi connectivity index (χ1n) is 2.84. The van der Waals surface area contributed by atoms with Crippen molar-refractivity contribution < 1.29 is 14.6 Å². The molecule has 0 fully saturated rings. The molecule has 1 N–H and O–H groups in total. The normalized spacial score (nSPS) is 9.50. The van der Waals surface area contributed by atoms with E-state index in [1.54, 1.807) is 6.92 Å². The fourth-order valence-corrected chi connectivity index (χ4v) is 0.222. The van der Waals surface area contributed by atoms with Crippen molar-refractivity contribution in [3.63, 3.8) is 0 Å². The number of ether oxygens (including phenoxy) is 1. The van der Waals surface area contributed by atoms with Gasteiger partial charge < -0.3 is 9.84 Å². The molecule has 0 amide bonds. The van der Waals surface area contributed by atoms with Gasteiger partial charge in [-0.25, -0.2) is 4.79 Å². The number of carbonyl (C=O) groups is 1. The van der Waals surface area contributed by atoms with E-state index in [0.717, 1.165) is 0 Å². The summed E-state index contributed by atoms with van der Waals surface area (Å²) in [5.41, 5.74) is -1.21. The van der Waals surface area contributed by atoms with Gasteiger partial charge in [-0.1, -0.05) is 5.92 Å². The lowest BCUT2D eigenvalue weighted by atomic mass is 10.1. The van der Waals surface area contributed by atoms with Crippen molar-refractivity contribution in [2.45, 2.75) is 26.4 Å². The largest absolute Gasteiger partial charge is 0.478 e. The highest BCUT2D eigenvalue weighted by Gasteiger charge is 2.28. The molecule has 56 valence electrons. The summed E-state index contributed by atoms with van der Waals surface area (Å²) in [5.74, 6) is 1.42. The SMILES string of the molecule is CC#COC(C)(C)C(=O)O. The molecule has 0 radical (unpaired) electrons. The second-order valence-electron chi connectivity index (χ2n) is 2.27. The van der Waals surface area contributed by atoms with Gasteiger partial charge in [-0.05, 0) is 13.8 Å². The molecular formula is C7H10O3. The van der Waals surface area contributed by atoms with Gasteiger partial charge in [0.1, 0.15) is 6.11 Å². The van der Waals surface area contributed by atoms with Crippen LogP contribution in [0.4, 0.5) is 0 Å². The summed E-state index contributed by atoms with van der Waals surface area (Å²) in [5, 5.41) is 8.48. The molecule has 0 atom stereocenters. The maximum Gasteiger partial charge on any atom is 0.348 e. The minimum absolute atomic E-state index is 1.02. The van der Waals surface area contributed by atoms with Crippen LogP contribution in [0.1, 0.15) is 20.8 Å².